The zero-order valence-corrected chi connectivity index (χ0v) is 26.3. The van der Waals surface area contributed by atoms with E-state index in [4.69, 9.17) is 21.6 Å². The smallest absolute Gasteiger partial charge is 0.351 e. The molecule has 2 atom stereocenters. The Hall–Kier alpha value is -4.21. The van der Waals surface area contributed by atoms with Crippen molar-refractivity contribution < 1.29 is 22.4 Å². The van der Waals surface area contributed by atoms with Gasteiger partial charge in [-0.1, -0.05) is 36.4 Å². The molecular formula is C33H32ClF4N7O. The van der Waals surface area contributed by atoms with E-state index < -0.39 is 17.6 Å². The summed E-state index contributed by atoms with van der Waals surface area (Å²) in [6.07, 6.45) is -0.760. The number of hydrogen-bond acceptors (Lipinski definition) is 6. The maximum atomic E-state index is 16.8. The van der Waals surface area contributed by atoms with Gasteiger partial charge in [0.15, 0.2) is 11.6 Å². The Morgan fingerprint density at radius 2 is 2.00 bits per heavy atom. The number of nitrogens with zero attached hydrogens (tertiary/aromatic N) is 7. The standard InChI is InChI=1S/C33H32ClF4N7O/c1-5-25(46)44-12-10-20(13-19(44)9-11-39)45-17-40-30-31(45)23-14-24(34)26(22-8-6-7-18(2)27(22)33(36,37)38)28(35)29(23)41-32(30)43-15-21(16-43)42(3)4/h5-8,14,17,19-21H,1,9-10,12-13,15-16H2,2-4H3/t19-,20+/m1/s1. The van der Waals surface area contributed by atoms with Gasteiger partial charge in [-0.25, -0.2) is 14.4 Å². The minimum absolute atomic E-state index is 0.0498. The number of fused-ring (bicyclic) bond motifs is 3. The highest BCUT2D eigenvalue weighted by atomic mass is 35.5. The van der Waals surface area contributed by atoms with Crippen LogP contribution in [0.3, 0.4) is 0 Å². The van der Waals surface area contributed by atoms with Gasteiger partial charge in [0.05, 0.1) is 34.9 Å². The summed E-state index contributed by atoms with van der Waals surface area (Å²) in [5.74, 6) is -0.775. The summed E-state index contributed by atoms with van der Waals surface area (Å²) in [5, 5.41) is 9.63. The second kappa shape index (κ2) is 11.9. The highest BCUT2D eigenvalue weighted by Crippen LogP contribution is 2.46. The van der Waals surface area contributed by atoms with Crippen molar-refractivity contribution in [1.82, 2.24) is 24.3 Å². The Balaban J connectivity index is 1.57. The molecule has 2 aliphatic rings. The van der Waals surface area contributed by atoms with Crippen molar-refractivity contribution in [2.24, 2.45) is 0 Å². The van der Waals surface area contributed by atoms with E-state index >= 15 is 4.39 Å². The number of anilines is 1. The lowest BCUT2D eigenvalue weighted by atomic mass is 9.93. The molecule has 0 aliphatic carbocycles. The number of nitriles is 1. The number of carbonyl (C=O) groups is 1. The number of imidazole rings is 1. The minimum Gasteiger partial charge on any atom is -0.351 e. The van der Waals surface area contributed by atoms with Crippen LogP contribution in [0.1, 0.15) is 36.4 Å². The Morgan fingerprint density at radius 3 is 2.65 bits per heavy atom. The molecule has 4 heterocycles. The molecule has 2 aromatic heterocycles. The molecule has 13 heteroatoms. The van der Waals surface area contributed by atoms with Gasteiger partial charge in [-0.2, -0.15) is 18.4 Å². The van der Waals surface area contributed by atoms with Gasteiger partial charge in [0, 0.05) is 48.7 Å². The molecule has 2 fully saturated rings. The van der Waals surface area contributed by atoms with E-state index in [-0.39, 0.29) is 57.7 Å². The number of benzene rings is 2. The monoisotopic (exact) mass is 653 g/mol. The predicted octanol–water partition coefficient (Wildman–Crippen LogP) is 6.75. The number of aryl methyl sites for hydroxylation is 1. The third kappa shape index (κ3) is 5.25. The number of likely N-dealkylation sites (tertiary alicyclic amines) is 1. The average Bonchev–Trinajstić information content (AvgIpc) is 3.42. The van der Waals surface area contributed by atoms with Gasteiger partial charge in [-0.15, -0.1) is 0 Å². The molecule has 240 valence electrons. The first-order chi connectivity index (χ1) is 21.8. The lowest BCUT2D eigenvalue weighted by Crippen LogP contribution is -2.57. The first-order valence-electron chi connectivity index (χ1n) is 14.9. The predicted molar refractivity (Wildman–Crippen MR) is 169 cm³/mol. The van der Waals surface area contributed by atoms with E-state index in [1.165, 1.54) is 37.3 Å². The second-order valence-corrected chi connectivity index (χ2v) is 12.6. The van der Waals surface area contributed by atoms with Crippen molar-refractivity contribution in [2.75, 3.05) is 38.6 Å². The Kier molecular flexibility index (Phi) is 8.19. The Morgan fingerprint density at radius 1 is 1.26 bits per heavy atom. The zero-order chi connectivity index (χ0) is 33.1. The first kappa shape index (κ1) is 31.8. The molecule has 6 rings (SSSR count). The Labute approximate surface area is 268 Å². The van der Waals surface area contributed by atoms with Crippen LogP contribution in [0.15, 0.2) is 43.2 Å². The van der Waals surface area contributed by atoms with Crippen LogP contribution in [0.2, 0.25) is 5.02 Å². The fraction of sp³-hybridized carbons (Fsp3) is 0.394. The van der Waals surface area contributed by atoms with E-state index in [1.54, 1.807) is 11.2 Å². The van der Waals surface area contributed by atoms with Gasteiger partial charge in [-0.3, -0.25) is 4.79 Å². The molecule has 0 bridgehead atoms. The number of carbonyl (C=O) groups excluding carboxylic acids is 1. The van der Waals surface area contributed by atoms with Crippen molar-refractivity contribution >= 4 is 45.3 Å². The van der Waals surface area contributed by atoms with Crippen molar-refractivity contribution in [3.05, 3.63) is 65.2 Å². The summed E-state index contributed by atoms with van der Waals surface area (Å²) in [4.78, 5) is 27.7. The lowest BCUT2D eigenvalue weighted by molar-refractivity contribution is -0.137. The molecule has 0 N–H and O–H groups in total. The molecule has 2 aromatic carbocycles. The molecule has 8 nitrogen and oxygen atoms in total. The highest BCUT2D eigenvalue weighted by Gasteiger charge is 2.38. The molecule has 0 saturated carbocycles. The summed E-state index contributed by atoms with van der Waals surface area (Å²) in [5.41, 5.74) is -0.780. The first-order valence-corrected chi connectivity index (χ1v) is 15.3. The van der Waals surface area contributed by atoms with Crippen LogP contribution in [0.25, 0.3) is 33.1 Å². The highest BCUT2D eigenvalue weighted by molar-refractivity contribution is 6.35. The van der Waals surface area contributed by atoms with Crippen molar-refractivity contribution in [2.45, 2.75) is 50.5 Å². The van der Waals surface area contributed by atoms with Gasteiger partial charge in [0.2, 0.25) is 5.91 Å². The molecule has 0 spiro atoms. The van der Waals surface area contributed by atoms with Crippen LogP contribution in [0, 0.1) is 24.1 Å². The second-order valence-electron chi connectivity index (χ2n) is 12.2. The number of pyridine rings is 1. The van der Waals surface area contributed by atoms with Crippen LogP contribution >= 0.6 is 11.6 Å². The molecule has 0 unspecified atom stereocenters. The third-order valence-corrected chi connectivity index (χ3v) is 9.55. The fourth-order valence-corrected chi connectivity index (χ4v) is 7.08. The van der Waals surface area contributed by atoms with Crippen LogP contribution in [0.4, 0.5) is 23.4 Å². The van der Waals surface area contributed by atoms with Crippen molar-refractivity contribution in [3.63, 3.8) is 0 Å². The van der Waals surface area contributed by atoms with Gasteiger partial charge in [0.1, 0.15) is 11.0 Å². The largest absolute Gasteiger partial charge is 0.417 e. The lowest BCUT2D eigenvalue weighted by Gasteiger charge is -2.43. The normalized spacial score (nSPS) is 19.1. The molecule has 46 heavy (non-hydrogen) atoms. The van der Waals surface area contributed by atoms with Crippen molar-refractivity contribution in [3.8, 4) is 17.2 Å². The summed E-state index contributed by atoms with van der Waals surface area (Å²) in [6, 6.07) is 7.29. The quantitative estimate of drug-likeness (QED) is 0.169. The molecule has 4 aromatic rings. The number of amides is 1. The van der Waals surface area contributed by atoms with Gasteiger partial charge in [-0.05, 0) is 57.1 Å². The maximum absolute atomic E-state index is 16.8. The molecule has 2 aliphatic heterocycles. The SMILES string of the molecule is C=CC(=O)N1CC[C@H](n2cnc3c(N4CC(N(C)C)C4)nc4c(F)c(-c5cccc(C)c5C(F)(F)F)c(Cl)cc4c32)C[C@H]1CC#N. The summed E-state index contributed by atoms with van der Waals surface area (Å²) in [7, 11) is 3.94. The zero-order valence-electron chi connectivity index (χ0n) is 25.6. The van der Waals surface area contributed by atoms with E-state index in [0.717, 1.165) is 0 Å². The number of aromatic nitrogens is 3. The fourth-order valence-electron chi connectivity index (χ4n) is 6.79. The molecule has 0 radical (unpaired) electrons. The number of hydrogen-bond donors (Lipinski definition) is 0. The summed E-state index contributed by atoms with van der Waals surface area (Å²) in [6.45, 7) is 6.51. The van der Waals surface area contributed by atoms with Gasteiger partial charge in [0.25, 0.3) is 0 Å². The number of halogens is 5. The topological polar surface area (TPSA) is 81.3 Å². The van der Waals surface area contributed by atoms with Gasteiger partial charge >= 0.3 is 6.18 Å². The van der Waals surface area contributed by atoms with E-state index in [0.29, 0.717) is 54.7 Å². The Bertz CT molecular complexity index is 1910. The third-order valence-electron chi connectivity index (χ3n) is 9.25. The summed E-state index contributed by atoms with van der Waals surface area (Å²) < 4.78 is 61.5. The summed E-state index contributed by atoms with van der Waals surface area (Å²) >= 11 is 6.68. The number of piperidine rings is 1. The number of likely N-dealkylation sites (N-methyl/N-ethyl adjacent to an activating group) is 1. The van der Waals surface area contributed by atoms with Crippen LogP contribution in [0.5, 0.6) is 0 Å². The van der Waals surface area contributed by atoms with Gasteiger partial charge < -0.3 is 19.3 Å². The van der Waals surface area contributed by atoms with Crippen LogP contribution < -0.4 is 4.90 Å². The molecule has 1 amide bonds. The molecular weight excluding hydrogens is 622 g/mol. The maximum Gasteiger partial charge on any atom is 0.417 e. The van der Waals surface area contributed by atoms with E-state index in [2.05, 4.69) is 17.5 Å². The number of rotatable bonds is 6. The molecule has 2 saturated heterocycles. The minimum atomic E-state index is -4.74. The van der Waals surface area contributed by atoms with E-state index in [1.807, 2.05) is 23.6 Å². The number of alkyl halides is 3. The average molecular weight is 654 g/mol. The van der Waals surface area contributed by atoms with Crippen LogP contribution in [-0.4, -0.2) is 76.1 Å². The van der Waals surface area contributed by atoms with E-state index in [9.17, 15) is 23.2 Å². The van der Waals surface area contributed by atoms with Crippen LogP contribution in [-0.2, 0) is 11.0 Å². The van der Waals surface area contributed by atoms with Crippen molar-refractivity contribution in [1.29, 1.82) is 5.26 Å².